The molecule has 1 aromatic rings. The van der Waals surface area contributed by atoms with Crippen molar-refractivity contribution >= 4 is 13.7 Å². The van der Waals surface area contributed by atoms with Crippen LogP contribution in [0.25, 0.3) is 0 Å². The molecule has 1 unspecified atom stereocenters. The maximum absolute atomic E-state index is 14.0. The molecule has 0 bridgehead atoms. The van der Waals surface area contributed by atoms with Crippen LogP contribution in [0.2, 0.25) is 0 Å². The van der Waals surface area contributed by atoms with E-state index in [9.17, 15) is 33.3 Å². The molecule has 12 nitrogen and oxygen atoms in total. The molecule has 1 aliphatic heterocycles. The largest absolute Gasteiger partial charge is 0.462 e. The van der Waals surface area contributed by atoms with Gasteiger partial charge >= 0.3 is 19.4 Å². The first-order chi connectivity index (χ1) is 14.3. The molecule has 31 heavy (non-hydrogen) atoms. The Kier molecular flexibility index (Phi) is 7.95. The first-order valence-electron chi connectivity index (χ1n) is 9.51. The molecule has 4 N–H and O–H groups in total. The van der Waals surface area contributed by atoms with Crippen LogP contribution in [0, 0.1) is 5.92 Å². The average molecular weight is 467 g/mol. The van der Waals surface area contributed by atoms with Gasteiger partial charge in [-0.05, 0) is 20.8 Å². The molecule has 0 aliphatic carbocycles. The van der Waals surface area contributed by atoms with Crippen molar-refractivity contribution in [3.63, 3.8) is 0 Å². The summed E-state index contributed by atoms with van der Waals surface area (Å²) in [7, 11) is -4.63. The molecule has 1 saturated heterocycles. The quantitative estimate of drug-likeness (QED) is 0.282. The molecule has 1 aromatic heterocycles. The molecule has 0 spiro atoms. The van der Waals surface area contributed by atoms with Crippen LogP contribution in [-0.4, -0.2) is 62.7 Å². The fourth-order valence-electron chi connectivity index (χ4n) is 3.12. The van der Waals surface area contributed by atoms with Gasteiger partial charge in [0.15, 0.2) is 0 Å². The van der Waals surface area contributed by atoms with Crippen molar-refractivity contribution in [3.8, 4) is 0 Å². The molecule has 2 rings (SSSR count). The Bertz CT molecular complexity index is 951. The van der Waals surface area contributed by atoms with Gasteiger partial charge in [-0.15, -0.1) is 0 Å². The number of hydrogen-bond acceptors (Lipinski definition) is 8. The molecule has 2 heterocycles. The number of carbonyl (C=O) groups is 1. The molecule has 0 radical (unpaired) electrons. The van der Waals surface area contributed by atoms with E-state index in [0.29, 0.717) is 0 Å². The van der Waals surface area contributed by atoms with Gasteiger partial charge in [-0.2, -0.15) is 0 Å². The third-order valence-corrected chi connectivity index (χ3v) is 5.93. The predicted octanol–water partition coefficient (Wildman–Crippen LogP) is -0.183. The molecule has 0 saturated carbocycles. The fraction of sp³-hybridized carbons (Fsp3) is 0.706. The van der Waals surface area contributed by atoms with Gasteiger partial charge in [0.2, 0.25) is 0 Å². The van der Waals surface area contributed by atoms with Crippen molar-refractivity contribution in [2.75, 3.05) is 13.3 Å². The van der Waals surface area contributed by atoms with Crippen molar-refractivity contribution in [2.45, 2.75) is 57.8 Å². The Morgan fingerprint density at radius 1 is 1.45 bits per heavy atom. The highest BCUT2D eigenvalue weighted by molar-refractivity contribution is 7.50. The van der Waals surface area contributed by atoms with Gasteiger partial charge in [-0.25, -0.2) is 18.8 Å². The summed E-state index contributed by atoms with van der Waals surface area (Å²) in [5.74, 6) is -1.63. The van der Waals surface area contributed by atoms with Crippen LogP contribution < -0.4 is 16.3 Å². The van der Waals surface area contributed by atoms with E-state index >= 15 is 0 Å². The Morgan fingerprint density at radius 3 is 2.65 bits per heavy atom. The van der Waals surface area contributed by atoms with Gasteiger partial charge in [0.05, 0.1) is 18.8 Å². The van der Waals surface area contributed by atoms with Gasteiger partial charge in [-0.1, -0.05) is 6.92 Å². The highest BCUT2D eigenvalue weighted by Crippen LogP contribution is 2.45. The van der Waals surface area contributed by atoms with Crippen molar-refractivity contribution in [2.24, 2.45) is 5.92 Å². The highest BCUT2D eigenvalue weighted by atomic mass is 31.2. The van der Waals surface area contributed by atoms with Gasteiger partial charge in [0.1, 0.15) is 24.5 Å². The van der Waals surface area contributed by atoms with Gasteiger partial charge in [-0.3, -0.25) is 23.7 Å². The molecule has 1 aliphatic rings. The summed E-state index contributed by atoms with van der Waals surface area (Å²) in [5.41, 5.74) is -3.55. The summed E-state index contributed by atoms with van der Waals surface area (Å²) in [5, 5.41) is 12.6. The van der Waals surface area contributed by atoms with E-state index in [-0.39, 0.29) is 0 Å². The number of carbonyl (C=O) groups excluding carboxylic acids is 1. The molecule has 176 valence electrons. The summed E-state index contributed by atoms with van der Waals surface area (Å²) in [6.45, 7) is 3.80. The summed E-state index contributed by atoms with van der Waals surface area (Å²) in [4.78, 5) is 47.1. The Balaban J connectivity index is 2.14. The maximum atomic E-state index is 14.0. The van der Waals surface area contributed by atoms with Crippen LogP contribution in [0.4, 0.5) is 4.39 Å². The minimum Gasteiger partial charge on any atom is -0.462 e. The highest BCUT2D eigenvalue weighted by Gasteiger charge is 2.55. The van der Waals surface area contributed by atoms with Crippen molar-refractivity contribution in [1.29, 1.82) is 0 Å². The maximum Gasteiger partial charge on any atom is 0.403 e. The van der Waals surface area contributed by atoms with Gasteiger partial charge in [0, 0.05) is 18.2 Å². The first kappa shape index (κ1) is 25.4. The first-order valence-corrected chi connectivity index (χ1v) is 11.1. The summed E-state index contributed by atoms with van der Waals surface area (Å²) in [6.07, 6.45) is -2.01. The van der Waals surface area contributed by atoms with Gasteiger partial charge < -0.3 is 19.5 Å². The number of ether oxygens (including phenoxy) is 2. The van der Waals surface area contributed by atoms with E-state index in [1.165, 1.54) is 13.8 Å². The molecule has 0 aromatic carbocycles. The van der Waals surface area contributed by atoms with Gasteiger partial charge in [0.25, 0.3) is 5.56 Å². The number of aromatic nitrogens is 2. The number of H-pyrrole nitrogens is 1. The minimum absolute atomic E-state index is 0.442. The number of rotatable bonds is 9. The van der Waals surface area contributed by atoms with E-state index in [1.807, 2.05) is 4.98 Å². The van der Waals surface area contributed by atoms with Crippen LogP contribution in [-0.2, 0) is 23.4 Å². The lowest BCUT2D eigenvalue weighted by Crippen LogP contribution is -2.48. The van der Waals surface area contributed by atoms with Crippen molar-refractivity contribution in [3.05, 3.63) is 33.1 Å². The van der Waals surface area contributed by atoms with Crippen LogP contribution in [0.3, 0.4) is 0 Å². The van der Waals surface area contributed by atoms with Crippen LogP contribution in [0.5, 0.6) is 0 Å². The zero-order chi connectivity index (χ0) is 23.6. The second-order valence-corrected chi connectivity index (χ2v) is 9.22. The fourth-order valence-corrected chi connectivity index (χ4v) is 4.19. The third-order valence-electron chi connectivity index (χ3n) is 4.74. The summed E-state index contributed by atoms with van der Waals surface area (Å²) >= 11 is 0. The number of alkyl halides is 1. The zero-order valence-electron chi connectivity index (χ0n) is 17.5. The topological polar surface area (TPSA) is 169 Å². The van der Waals surface area contributed by atoms with Crippen molar-refractivity contribution in [1.82, 2.24) is 14.6 Å². The zero-order valence-corrected chi connectivity index (χ0v) is 18.4. The Labute approximate surface area is 176 Å². The number of aliphatic hydroxyl groups is 1. The number of halogens is 1. The molecule has 6 atom stereocenters. The van der Waals surface area contributed by atoms with E-state index in [1.54, 1.807) is 13.8 Å². The van der Waals surface area contributed by atoms with Crippen LogP contribution in [0.1, 0.15) is 33.9 Å². The normalized spacial score (nSPS) is 29.0. The average Bonchev–Trinajstić information content (AvgIpc) is 2.91. The second kappa shape index (κ2) is 9.72. The lowest BCUT2D eigenvalue weighted by atomic mass is 9.92. The number of esters is 1. The van der Waals surface area contributed by atoms with Crippen molar-refractivity contribution < 1.29 is 37.7 Å². The SMILES string of the molecule is CC(C)OC(=O)[C@H](C)NP(=O)(O)OC[C@@]1(CF)O[C@@H](n2ccc(=O)[nH]c2=O)[C@@H](C)[C@@H]1O. The second-order valence-electron chi connectivity index (χ2n) is 7.66. The molecule has 1 fully saturated rings. The van der Waals surface area contributed by atoms with E-state index in [0.717, 1.165) is 16.8 Å². The summed E-state index contributed by atoms with van der Waals surface area (Å²) < 4.78 is 42.6. The Hall–Kier alpha value is -1.89. The van der Waals surface area contributed by atoms with E-state index in [4.69, 9.17) is 14.0 Å². The Morgan fingerprint density at radius 2 is 2.10 bits per heavy atom. The number of nitrogens with zero attached hydrogens (tertiary/aromatic N) is 1. The molecular formula is C17H27FN3O9P. The molecule has 0 amide bonds. The lowest BCUT2D eigenvalue weighted by molar-refractivity contribution is -0.149. The molecule has 14 heteroatoms. The third kappa shape index (κ3) is 5.88. The monoisotopic (exact) mass is 467 g/mol. The number of nitrogens with one attached hydrogen (secondary N) is 2. The standard InChI is InChI=1S/C17H27FN3O9P/c1-9(2)29-15(24)11(4)20-31(26,27)28-8-17(7-18)13(23)10(3)14(30-17)21-6-5-12(22)19-16(21)25/h5-6,9-11,13-14,23H,7-8H2,1-4H3,(H,19,22,25)(H2,20,26,27)/t10-,11-,13-,14+,17+/m0/s1. The number of aromatic amines is 1. The predicted molar refractivity (Wildman–Crippen MR) is 105 cm³/mol. The number of hydrogen-bond donors (Lipinski definition) is 4. The molecular weight excluding hydrogens is 440 g/mol. The smallest absolute Gasteiger partial charge is 0.403 e. The lowest BCUT2D eigenvalue weighted by Gasteiger charge is -2.30. The minimum atomic E-state index is -4.63. The van der Waals surface area contributed by atoms with E-state index in [2.05, 4.69) is 5.09 Å². The summed E-state index contributed by atoms with van der Waals surface area (Å²) in [6, 6.07) is -0.153. The van der Waals surface area contributed by atoms with Crippen LogP contribution in [0.15, 0.2) is 21.9 Å². The van der Waals surface area contributed by atoms with E-state index < -0.39 is 74.2 Å². The number of aliphatic hydroxyl groups excluding tert-OH is 1. The van der Waals surface area contributed by atoms with Crippen LogP contribution >= 0.6 is 7.75 Å².